The SMILES string of the molecule is CC1=C(C(=O)O)C(c2cccc3c4c(ccc23)-c2ccccc2CC4)=C(C(=O)O)C(=O)C1=O. The molecule has 0 atom stereocenters. The zero-order chi connectivity index (χ0) is 23.4. The number of ketones is 2. The number of hydrogen-bond acceptors (Lipinski definition) is 4. The average molecular weight is 438 g/mol. The highest BCUT2D eigenvalue weighted by Gasteiger charge is 2.40. The summed E-state index contributed by atoms with van der Waals surface area (Å²) in [4.78, 5) is 49.1. The highest BCUT2D eigenvalue weighted by atomic mass is 16.4. The van der Waals surface area contributed by atoms with Gasteiger partial charge in [0.1, 0.15) is 5.57 Å². The van der Waals surface area contributed by atoms with Crippen LogP contribution in [-0.2, 0) is 32.0 Å². The summed E-state index contributed by atoms with van der Waals surface area (Å²) >= 11 is 0. The maximum absolute atomic E-state index is 12.6. The molecule has 5 rings (SSSR count). The van der Waals surface area contributed by atoms with Crippen molar-refractivity contribution in [3.05, 3.63) is 88.0 Å². The van der Waals surface area contributed by atoms with Crippen molar-refractivity contribution in [2.24, 2.45) is 0 Å². The number of carbonyl (C=O) groups is 4. The largest absolute Gasteiger partial charge is 0.478 e. The molecule has 0 fully saturated rings. The number of benzene rings is 3. The van der Waals surface area contributed by atoms with Gasteiger partial charge in [0.2, 0.25) is 11.6 Å². The number of carboxylic acids is 2. The van der Waals surface area contributed by atoms with Crippen LogP contribution in [-0.4, -0.2) is 33.7 Å². The second kappa shape index (κ2) is 7.38. The van der Waals surface area contributed by atoms with E-state index in [1.54, 1.807) is 12.1 Å². The van der Waals surface area contributed by atoms with E-state index < -0.39 is 34.7 Å². The molecule has 0 bridgehead atoms. The van der Waals surface area contributed by atoms with Crippen LogP contribution >= 0.6 is 0 Å². The molecule has 0 unspecified atom stereocenters. The van der Waals surface area contributed by atoms with E-state index in [0.717, 1.165) is 34.9 Å². The van der Waals surface area contributed by atoms with Crippen LogP contribution in [0.15, 0.2) is 71.3 Å². The van der Waals surface area contributed by atoms with Gasteiger partial charge in [-0.05, 0) is 58.4 Å². The summed E-state index contributed by atoms with van der Waals surface area (Å²) in [7, 11) is 0. The molecule has 2 N–H and O–H groups in total. The van der Waals surface area contributed by atoms with Gasteiger partial charge >= 0.3 is 11.9 Å². The molecule has 0 aromatic heterocycles. The Hall–Kier alpha value is -4.32. The lowest BCUT2D eigenvalue weighted by atomic mass is 9.78. The second-order valence-corrected chi connectivity index (χ2v) is 8.17. The van der Waals surface area contributed by atoms with Crippen molar-refractivity contribution in [3.8, 4) is 11.1 Å². The van der Waals surface area contributed by atoms with Crippen molar-refractivity contribution in [1.82, 2.24) is 0 Å². The van der Waals surface area contributed by atoms with Crippen LogP contribution in [0.4, 0.5) is 0 Å². The molecule has 0 saturated carbocycles. The quantitative estimate of drug-likeness (QED) is 0.364. The van der Waals surface area contributed by atoms with Crippen LogP contribution in [0.5, 0.6) is 0 Å². The molecule has 0 saturated heterocycles. The predicted octanol–water partition coefficient (Wildman–Crippen LogP) is 4.00. The Labute approximate surface area is 188 Å². The molecule has 6 nitrogen and oxygen atoms in total. The first-order valence-corrected chi connectivity index (χ1v) is 10.5. The Morgan fingerprint density at radius 2 is 1.39 bits per heavy atom. The first-order chi connectivity index (χ1) is 15.8. The van der Waals surface area contributed by atoms with Gasteiger partial charge in [-0.25, -0.2) is 9.59 Å². The minimum Gasteiger partial charge on any atom is -0.478 e. The molecule has 2 aliphatic carbocycles. The zero-order valence-electron chi connectivity index (χ0n) is 17.6. The number of fused-ring (bicyclic) bond motifs is 5. The standard InChI is InChI=1S/C27H18O6/c1-13-21(26(30)31)22(23(27(32)33)25(29)24(13)28)20-8-4-7-16-18-10-9-14-5-2-3-6-15(14)17(18)11-12-19(16)20/h2-8,11-12H,9-10H2,1H3,(H,30,31)(H,32,33). The van der Waals surface area contributed by atoms with Gasteiger partial charge in [0, 0.05) is 11.1 Å². The van der Waals surface area contributed by atoms with Gasteiger partial charge in [-0.1, -0.05) is 54.6 Å². The Morgan fingerprint density at radius 1 is 0.697 bits per heavy atom. The Morgan fingerprint density at radius 3 is 2.12 bits per heavy atom. The van der Waals surface area contributed by atoms with E-state index in [2.05, 4.69) is 12.1 Å². The van der Waals surface area contributed by atoms with Gasteiger partial charge in [-0.3, -0.25) is 9.59 Å². The Balaban J connectivity index is 1.86. The average Bonchev–Trinajstić information content (AvgIpc) is 2.80. The van der Waals surface area contributed by atoms with Crippen molar-refractivity contribution in [2.75, 3.05) is 0 Å². The summed E-state index contributed by atoms with van der Waals surface area (Å²) in [5.74, 6) is -5.39. The fraction of sp³-hybridized carbons (Fsp3) is 0.111. The first kappa shape index (κ1) is 20.6. The number of carbonyl (C=O) groups excluding carboxylic acids is 2. The Bertz CT molecular complexity index is 1500. The van der Waals surface area contributed by atoms with Crippen molar-refractivity contribution < 1.29 is 29.4 Å². The molecule has 6 heteroatoms. The summed E-state index contributed by atoms with van der Waals surface area (Å²) in [5, 5.41) is 21.1. The summed E-state index contributed by atoms with van der Waals surface area (Å²) in [6.07, 6.45) is 1.62. The third-order valence-corrected chi connectivity index (χ3v) is 6.47. The molecular weight excluding hydrogens is 420 g/mol. The highest BCUT2D eigenvalue weighted by molar-refractivity contribution is 6.58. The molecule has 0 heterocycles. The normalized spacial score (nSPS) is 15.5. The molecule has 0 spiro atoms. The fourth-order valence-electron chi connectivity index (χ4n) is 4.98. The second-order valence-electron chi connectivity index (χ2n) is 8.17. The summed E-state index contributed by atoms with van der Waals surface area (Å²) in [6.45, 7) is 1.24. The van der Waals surface area contributed by atoms with Gasteiger partial charge in [-0.15, -0.1) is 0 Å². The maximum atomic E-state index is 12.6. The Kier molecular flexibility index (Phi) is 4.60. The number of carboxylic acid groups (broad SMARTS) is 2. The molecule has 3 aromatic rings. The highest BCUT2D eigenvalue weighted by Crippen LogP contribution is 2.42. The molecule has 33 heavy (non-hydrogen) atoms. The summed E-state index contributed by atoms with van der Waals surface area (Å²) in [5.41, 5.74) is 3.11. The van der Waals surface area contributed by atoms with Gasteiger partial charge in [-0.2, -0.15) is 0 Å². The minimum absolute atomic E-state index is 0.223. The molecule has 2 aliphatic rings. The molecule has 0 aliphatic heterocycles. The molecule has 162 valence electrons. The van der Waals surface area contributed by atoms with Crippen molar-refractivity contribution in [3.63, 3.8) is 0 Å². The van der Waals surface area contributed by atoms with Crippen LogP contribution in [0.3, 0.4) is 0 Å². The summed E-state index contributed by atoms with van der Waals surface area (Å²) in [6, 6.07) is 17.2. The van der Waals surface area contributed by atoms with Gasteiger partial charge < -0.3 is 10.2 Å². The lowest BCUT2D eigenvalue weighted by molar-refractivity contribution is -0.138. The first-order valence-electron chi connectivity index (χ1n) is 10.5. The zero-order valence-corrected chi connectivity index (χ0v) is 17.6. The number of allylic oxidation sites excluding steroid dienone is 1. The molecular formula is C27H18O6. The lowest BCUT2D eigenvalue weighted by Gasteiger charge is -2.24. The number of aryl methyl sites for hydroxylation is 2. The monoisotopic (exact) mass is 438 g/mol. The number of Topliss-reactive ketones (excluding diaryl/α,β-unsaturated/α-hetero) is 2. The van der Waals surface area contributed by atoms with E-state index in [4.69, 9.17) is 0 Å². The molecule has 0 radical (unpaired) electrons. The molecule has 3 aromatic carbocycles. The van der Waals surface area contributed by atoms with Crippen molar-refractivity contribution in [2.45, 2.75) is 19.8 Å². The van der Waals surface area contributed by atoms with E-state index in [9.17, 15) is 29.4 Å². The smallest absolute Gasteiger partial charge is 0.340 e. The predicted molar refractivity (Wildman–Crippen MR) is 122 cm³/mol. The fourth-order valence-corrected chi connectivity index (χ4v) is 4.98. The summed E-state index contributed by atoms with van der Waals surface area (Å²) < 4.78 is 0. The van der Waals surface area contributed by atoms with Gasteiger partial charge in [0.05, 0.1) is 5.57 Å². The van der Waals surface area contributed by atoms with Crippen LogP contribution in [0.25, 0.3) is 27.5 Å². The molecule has 0 amide bonds. The number of rotatable bonds is 3. The van der Waals surface area contributed by atoms with E-state index in [1.165, 1.54) is 12.5 Å². The van der Waals surface area contributed by atoms with E-state index in [-0.39, 0.29) is 11.1 Å². The van der Waals surface area contributed by atoms with Crippen LogP contribution in [0.1, 0.15) is 23.6 Å². The van der Waals surface area contributed by atoms with Crippen molar-refractivity contribution >= 4 is 39.9 Å². The van der Waals surface area contributed by atoms with Crippen LogP contribution in [0, 0.1) is 0 Å². The van der Waals surface area contributed by atoms with Crippen LogP contribution in [0.2, 0.25) is 0 Å². The topological polar surface area (TPSA) is 109 Å². The van der Waals surface area contributed by atoms with E-state index in [1.807, 2.05) is 30.3 Å². The van der Waals surface area contributed by atoms with E-state index >= 15 is 0 Å². The van der Waals surface area contributed by atoms with Gasteiger partial charge in [0.25, 0.3) is 0 Å². The number of aliphatic carboxylic acids is 2. The lowest BCUT2D eigenvalue weighted by Crippen LogP contribution is -2.30. The van der Waals surface area contributed by atoms with E-state index in [0.29, 0.717) is 10.9 Å². The minimum atomic E-state index is -1.63. The third kappa shape index (κ3) is 2.95. The number of hydrogen-bond donors (Lipinski definition) is 2. The van der Waals surface area contributed by atoms with Crippen LogP contribution < -0.4 is 0 Å². The van der Waals surface area contributed by atoms with Gasteiger partial charge in [0.15, 0.2) is 0 Å². The maximum Gasteiger partial charge on any atom is 0.340 e. The van der Waals surface area contributed by atoms with Crippen molar-refractivity contribution in [1.29, 1.82) is 0 Å². The third-order valence-electron chi connectivity index (χ3n) is 6.47.